The van der Waals surface area contributed by atoms with Crippen LogP contribution in [-0.2, 0) is 6.54 Å². The smallest absolute Gasteiger partial charge is 0.169 e. The van der Waals surface area contributed by atoms with E-state index in [4.69, 9.17) is 4.74 Å². The maximum absolute atomic E-state index is 9.65. The summed E-state index contributed by atoms with van der Waals surface area (Å²) >= 11 is 0. The van der Waals surface area contributed by atoms with Crippen molar-refractivity contribution in [2.45, 2.75) is 64.8 Å². The minimum atomic E-state index is 0. The molecule has 0 aliphatic carbocycles. The largest absolute Gasteiger partial charge is 1.00 e. The lowest BCUT2D eigenvalue weighted by Crippen LogP contribution is -3.00. The van der Waals surface area contributed by atoms with E-state index in [0.29, 0.717) is 5.75 Å². The van der Waals surface area contributed by atoms with Gasteiger partial charge in [-0.2, -0.15) is 0 Å². The molecule has 0 atom stereocenters. The highest BCUT2D eigenvalue weighted by molar-refractivity contribution is 5.70. The van der Waals surface area contributed by atoms with Gasteiger partial charge in [0, 0.05) is 18.6 Å². The van der Waals surface area contributed by atoms with Gasteiger partial charge in [-0.1, -0.05) is 63.7 Å². The molecule has 28 heavy (non-hydrogen) atoms. The number of hydrogen-bond donors (Lipinski definition) is 1. The average Bonchev–Trinajstić information content (AvgIpc) is 2.70. The number of hydrogen-bond acceptors (Lipinski definition) is 2. The van der Waals surface area contributed by atoms with E-state index in [9.17, 15) is 5.11 Å². The number of halogens is 1. The monoisotopic (exact) mass is 447 g/mol. The highest BCUT2D eigenvalue weighted by Gasteiger charge is 2.02. The van der Waals surface area contributed by atoms with Crippen LogP contribution in [0.4, 0.5) is 0 Å². The van der Waals surface area contributed by atoms with Gasteiger partial charge in [0.05, 0.1) is 7.11 Å². The number of methoxy groups -OCH3 is 1. The third-order valence-corrected chi connectivity index (χ3v) is 4.86. The van der Waals surface area contributed by atoms with Crippen LogP contribution < -0.4 is 26.3 Å². The fourth-order valence-corrected chi connectivity index (χ4v) is 3.15. The van der Waals surface area contributed by atoms with Gasteiger partial charge in [0.1, 0.15) is 6.54 Å². The minimum Gasteiger partial charge on any atom is -1.00 e. The van der Waals surface area contributed by atoms with Crippen LogP contribution in [0.1, 0.15) is 69.4 Å². The van der Waals surface area contributed by atoms with Gasteiger partial charge in [-0.05, 0) is 29.7 Å². The molecule has 3 nitrogen and oxygen atoms in total. The first-order valence-electron chi connectivity index (χ1n) is 10.3. The molecule has 0 spiro atoms. The summed E-state index contributed by atoms with van der Waals surface area (Å²) in [5, 5.41) is 9.65. The van der Waals surface area contributed by atoms with Crippen molar-refractivity contribution < 1.29 is 31.4 Å². The molecule has 0 aliphatic rings. The number of aryl methyl sites for hydroxylation is 1. The molecule has 0 amide bonds. The Morgan fingerprint density at radius 2 is 1.46 bits per heavy atom. The molecule has 0 unspecified atom stereocenters. The van der Waals surface area contributed by atoms with E-state index in [1.54, 1.807) is 13.2 Å². The van der Waals surface area contributed by atoms with Gasteiger partial charge in [-0.15, -0.1) is 0 Å². The zero-order chi connectivity index (χ0) is 19.3. The lowest BCUT2D eigenvalue weighted by Gasteiger charge is -2.03. The molecule has 2 aromatic rings. The van der Waals surface area contributed by atoms with E-state index in [1.807, 2.05) is 18.2 Å². The summed E-state index contributed by atoms with van der Waals surface area (Å²) in [6, 6.07) is 9.63. The number of pyridine rings is 1. The van der Waals surface area contributed by atoms with Gasteiger partial charge in [-0.3, -0.25) is 0 Å². The van der Waals surface area contributed by atoms with Gasteiger partial charge >= 0.3 is 0 Å². The molecule has 0 saturated carbocycles. The van der Waals surface area contributed by atoms with Crippen LogP contribution in [0.2, 0.25) is 0 Å². The standard InChI is InChI=1S/C24H33NO2.BrH/c1-3-4-5-6-7-8-9-10-17-25-18-15-21(16-19-25)11-12-22-13-14-23(26)24(20-22)27-2;/h11-16,18-20H,3-10,17H2,1-2H3;1H. The van der Waals surface area contributed by atoms with Gasteiger partial charge in [0.15, 0.2) is 23.9 Å². The van der Waals surface area contributed by atoms with Crippen LogP contribution in [0.3, 0.4) is 0 Å². The fraction of sp³-hybridized carbons (Fsp3) is 0.458. The first kappa shape index (κ1) is 24.2. The van der Waals surface area contributed by atoms with Crippen LogP contribution in [0.5, 0.6) is 11.5 Å². The third kappa shape index (κ3) is 8.92. The van der Waals surface area contributed by atoms with Crippen LogP contribution in [0, 0.1) is 0 Å². The number of benzene rings is 1. The second kappa shape index (κ2) is 14.2. The van der Waals surface area contributed by atoms with Crippen molar-refractivity contribution in [3.63, 3.8) is 0 Å². The molecule has 1 aromatic heterocycles. The predicted molar refractivity (Wildman–Crippen MR) is 113 cm³/mol. The zero-order valence-corrected chi connectivity index (χ0v) is 18.8. The van der Waals surface area contributed by atoms with Gasteiger partial charge in [0.2, 0.25) is 0 Å². The minimum absolute atomic E-state index is 0. The summed E-state index contributed by atoms with van der Waals surface area (Å²) in [7, 11) is 1.56. The quantitative estimate of drug-likeness (QED) is 0.400. The van der Waals surface area contributed by atoms with E-state index >= 15 is 0 Å². The molecule has 0 bridgehead atoms. The average molecular weight is 448 g/mol. The zero-order valence-electron chi connectivity index (χ0n) is 17.2. The van der Waals surface area contributed by atoms with Crippen molar-refractivity contribution in [3.05, 3.63) is 53.9 Å². The van der Waals surface area contributed by atoms with Crippen molar-refractivity contribution >= 4 is 12.2 Å². The third-order valence-electron chi connectivity index (χ3n) is 4.86. The van der Waals surface area contributed by atoms with Crippen LogP contribution >= 0.6 is 0 Å². The molecular weight excluding hydrogens is 414 g/mol. The topological polar surface area (TPSA) is 33.3 Å². The highest BCUT2D eigenvalue weighted by atomic mass is 79.9. The SMILES string of the molecule is CCCCCCCCCC[n+]1ccc(/C=C/c2ccc(O)c(OC)c2)cc1.[Br-]. The number of nitrogens with zero attached hydrogens (tertiary/aromatic N) is 1. The summed E-state index contributed by atoms with van der Waals surface area (Å²) < 4.78 is 7.41. The molecule has 4 heteroatoms. The molecular formula is C24H34BrNO2. The highest BCUT2D eigenvalue weighted by Crippen LogP contribution is 2.27. The normalized spacial score (nSPS) is 10.8. The summed E-state index contributed by atoms with van der Waals surface area (Å²) in [5.41, 5.74) is 2.16. The van der Waals surface area contributed by atoms with E-state index in [2.05, 4.69) is 42.1 Å². The number of aromatic nitrogens is 1. The Hall–Kier alpha value is -1.81. The Morgan fingerprint density at radius 3 is 2.11 bits per heavy atom. The predicted octanol–water partition coefficient (Wildman–Crippen LogP) is 3.00. The summed E-state index contributed by atoms with van der Waals surface area (Å²) in [6.45, 7) is 3.36. The Morgan fingerprint density at radius 1 is 0.857 bits per heavy atom. The molecule has 1 heterocycles. The summed E-state index contributed by atoms with van der Waals surface area (Å²) in [6.07, 6.45) is 19.2. The molecule has 0 aliphatic heterocycles. The van der Waals surface area contributed by atoms with Crippen molar-refractivity contribution in [2.75, 3.05) is 7.11 Å². The molecule has 1 N–H and O–H groups in total. The Bertz CT molecular complexity index is 698. The lowest BCUT2D eigenvalue weighted by atomic mass is 10.1. The van der Waals surface area contributed by atoms with E-state index in [1.165, 1.54) is 51.4 Å². The summed E-state index contributed by atoms with van der Waals surface area (Å²) in [5.74, 6) is 0.657. The van der Waals surface area contributed by atoms with Crippen molar-refractivity contribution in [1.29, 1.82) is 0 Å². The van der Waals surface area contributed by atoms with Gasteiger partial charge in [0.25, 0.3) is 0 Å². The molecule has 154 valence electrons. The second-order valence-electron chi connectivity index (χ2n) is 7.11. The van der Waals surface area contributed by atoms with E-state index in [0.717, 1.165) is 17.7 Å². The first-order chi connectivity index (χ1) is 13.2. The van der Waals surface area contributed by atoms with Crippen molar-refractivity contribution in [2.24, 2.45) is 0 Å². The van der Waals surface area contributed by atoms with Crippen LogP contribution in [0.15, 0.2) is 42.7 Å². The summed E-state index contributed by atoms with van der Waals surface area (Å²) in [4.78, 5) is 0. The van der Waals surface area contributed by atoms with Crippen LogP contribution in [0.25, 0.3) is 12.2 Å². The lowest BCUT2D eigenvalue weighted by molar-refractivity contribution is -0.697. The number of ether oxygens (including phenoxy) is 1. The second-order valence-corrected chi connectivity index (χ2v) is 7.11. The van der Waals surface area contributed by atoms with E-state index < -0.39 is 0 Å². The Balaban J connectivity index is 0.00000392. The number of phenols is 1. The number of aromatic hydroxyl groups is 1. The maximum atomic E-state index is 9.65. The van der Waals surface area contributed by atoms with Gasteiger partial charge in [-0.25, -0.2) is 4.57 Å². The van der Waals surface area contributed by atoms with E-state index in [-0.39, 0.29) is 22.7 Å². The van der Waals surface area contributed by atoms with Crippen LogP contribution in [-0.4, -0.2) is 12.2 Å². The molecule has 0 fully saturated rings. The number of rotatable bonds is 12. The Labute approximate surface area is 180 Å². The molecule has 1 aromatic carbocycles. The Kier molecular flexibility index (Phi) is 12.3. The van der Waals surface area contributed by atoms with Crippen molar-refractivity contribution in [3.8, 4) is 11.5 Å². The van der Waals surface area contributed by atoms with Crippen molar-refractivity contribution in [1.82, 2.24) is 0 Å². The molecule has 2 rings (SSSR count). The first-order valence-corrected chi connectivity index (χ1v) is 10.3. The van der Waals surface area contributed by atoms with Gasteiger partial charge < -0.3 is 26.8 Å². The number of phenolic OH excluding ortho intramolecular Hbond substituents is 1. The maximum Gasteiger partial charge on any atom is 0.169 e. The molecule has 0 saturated heterocycles. The fourth-order valence-electron chi connectivity index (χ4n) is 3.15. The number of unbranched alkanes of at least 4 members (excludes halogenated alkanes) is 7. The molecule has 0 radical (unpaired) electrons.